The number of halogens is 3. The summed E-state index contributed by atoms with van der Waals surface area (Å²) in [4.78, 5) is 24.0. The molecule has 25 heavy (non-hydrogen) atoms. The molecule has 3 N–H and O–H groups in total. The number of hydrogen-bond acceptors (Lipinski definition) is 3. The van der Waals surface area contributed by atoms with E-state index in [0.29, 0.717) is 11.8 Å². The molecule has 0 bridgehead atoms. The molecule has 2 rings (SSSR count). The largest absolute Gasteiger partial charge is 0.338 e. The molecule has 0 saturated heterocycles. The van der Waals surface area contributed by atoms with Crippen LogP contribution in [-0.2, 0) is 4.79 Å². The molecule has 132 valence electrons. The van der Waals surface area contributed by atoms with Crippen LogP contribution >= 0.6 is 11.8 Å². The van der Waals surface area contributed by atoms with Crippen LogP contribution < -0.4 is 16.2 Å². The molecule has 0 aliphatic rings. The predicted molar refractivity (Wildman–Crippen MR) is 88.4 cm³/mol. The van der Waals surface area contributed by atoms with Crippen molar-refractivity contribution >= 4 is 29.4 Å². The van der Waals surface area contributed by atoms with Gasteiger partial charge in [-0.2, -0.15) is 0 Å². The highest BCUT2D eigenvalue weighted by Crippen LogP contribution is 2.18. The van der Waals surface area contributed by atoms with Gasteiger partial charge in [-0.3, -0.25) is 10.2 Å². The fourth-order valence-electron chi connectivity index (χ4n) is 1.73. The first-order valence-corrected chi connectivity index (χ1v) is 8.12. The Kier molecular flexibility index (Phi) is 6.70. The number of hydrazine groups is 1. The Bertz CT molecular complexity index is 757. The second-order valence-electron chi connectivity index (χ2n) is 4.80. The molecule has 0 aromatic heterocycles. The maximum absolute atomic E-state index is 13.4. The van der Waals surface area contributed by atoms with Gasteiger partial charge in [0.15, 0.2) is 0 Å². The summed E-state index contributed by atoms with van der Waals surface area (Å²) in [6, 6.07) is 7.65. The van der Waals surface area contributed by atoms with Crippen LogP contribution in [0.1, 0.15) is 6.42 Å². The molecule has 0 aliphatic carbocycles. The molecule has 0 spiro atoms. The van der Waals surface area contributed by atoms with E-state index in [1.54, 1.807) is 12.1 Å². The molecular formula is C16H14F3N3O2S. The maximum atomic E-state index is 13.4. The molecule has 0 heterocycles. The quantitative estimate of drug-likeness (QED) is 0.559. The minimum atomic E-state index is -0.933. The zero-order valence-corrected chi connectivity index (χ0v) is 13.6. The molecule has 9 heteroatoms. The van der Waals surface area contributed by atoms with E-state index in [2.05, 4.69) is 16.2 Å². The zero-order valence-electron chi connectivity index (χ0n) is 12.8. The highest BCUT2D eigenvalue weighted by Gasteiger charge is 2.09. The first-order chi connectivity index (χ1) is 11.9. The Hall–Kier alpha value is -2.68. The number of thioether (sulfide) groups is 1. The van der Waals surface area contributed by atoms with Crippen molar-refractivity contribution in [2.75, 3.05) is 11.1 Å². The van der Waals surface area contributed by atoms with Gasteiger partial charge in [-0.1, -0.05) is 0 Å². The summed E-state index contributed by atoms with van der Waals surface area (Å²) < 4.78 is 38.9. The van der Waals surface area contributed by atoms with E-state index in [0.717, 1.165) is 17.0 Å². The van der Waals surface area contributed by atoms with Crippen LogP contribution in [0.15, 0.2) is 47.4 Å². The molecule has 3 amide bonds. The lowest BCUT2D eigenvalue weighted by Gasteiger charge is -2.09. The summed E-state index contributed by atoms with van der Waals surface area (Å²) in [6.45, 7) is 0. The topological polar surface area (TPSA) is 70.2 Å². The molecule has 2 aromatic carbocycles. The maximum Gasteiger partial charge on any atom is 0.338 e. The Morgan fingerprint density at radius 2 is 1.60 bits per heavy atom. The molecule has 0 aliphatic heterocycles. The summed E-state index contributed by atoms with van der Waals surface area (Å²) in [7, 11) is 0. The zero-order chi connectivity index (χ0) is 18.2. The number of benzene rings is 2. The normalized spacial score (nSPS) is 10.2. The van der Waals surface area contributed by atoms with Crippen molar-refractivity contribution in [2.45, 2.75) is 11.3 Å². The first-order valence-electron chi connectivity index (χ1n) is 7.13. The summed E-state index contributed by atoms with van der Waals surface area (Å²) in [5, 5.41) is 2.13. The number of urea groups is 1. The van der Waals surface area contributed by atoms with Crippen molar-refractivity contribution in [3.63, 3.8) is 0 Å². The van der Waals surface area contributed by atoms with E-state index < -0.39 is 23.6 Å². The number of rotatable bonds is 5. The SMILES string of the molecule is O=C(CCSc1ccc(F)cc1)NNC(=O)Nc1ccc(F)cc1F. The van der Waals surface area contributed by atoms with E-state index in [4.69, 9.17) is 0 Å². The highest BCUT2D eigenvalue weighted by molar-refractivity contribution is 7.99. The van der Waals surface area contributed by atoms with Crippen LogP contribution in [0.4, 0.5) is 23.7 Å². The number of carbonyl (C=O) groups excluding carboxylic acids is 2. The van der Waals surface area contributed by atoms with E-state index in [1.807, 2.05) is 0 Å². The third kappa shape index (κ3) is 6.38. The third-order valence-corrected chi connectivity index (χ3v) is 3.92. The highest BCUT2D eigenvalue weighted by atomic mass is 32.2. The van der Waals surface area contributed by atoms with E-state index in [-0.39, 0.29) is 17.9 Å². The molecule has 0 radical (unpaired) electrons. The average molecular weight is 369 g/mol. The van der Waals surface area contributed by atoms with E-state index >= 15 is 0 Å². The minimum Gasteiger partial charge on any atom is -0.304 e. The van der Waals surface area contributed by atoms with Crippen LogP contribution in [-0.4, -0.2) is 17.7 Å². The van der Waals surface area contributed by atoms with Gasteiger partial charge in [-0.15, -0.1) is 11.8 Å². The van der Waals surface area contributed by atoms with Gasteiger partial charge >= 0.3 is 6.03 Å². The molecule has 0 atom stereocenters. The Morgan fingerprint density at radius 1 is 0.920 bits per heavy atom. The first kappa shape index (κ1) is 18.7. The van der Waals surface area contributed by atoms with Crippen LogP contribution in [0.2, 0.25) is 0 Å². The smallest absolute Gasteiger partial charge is 0.304 e. The summed E-state index contributed by atoms with van der Waals surface area (Å²) in [5.41, 5.74) is 4.00. The van der Waals surface area contributed by atoms with Crippen molar-refractivity contribution in [3.05, 3.63) is 59.9 Å². The summed E-state index contributed by atoms with van der Waals surface area (Å²) in [5.74, 6) is -2.07. The Morgan fingerprint density at radius 3 is 2.28 bits per heavy atom. The third-order valence-electron chi connectivity index (χ3n) is 2.91. The lowest BCUT2D eigenvalue weighted by molar-refractivity contribution is -0.121. The van der Waals surface area contributed by atoms with Gasteiger partial charge in [0.25, 0.3) is 0 Å². The van der Waals surface area contributed by atoms with Gasteiger partial charge in [0.2, 0.25) is 5.91 Å². The Balaban J connectivity index is 1.68. The van der Waals surface area contributed by atoms with Gasteiger partial charge in [0.05, 0.1) is 5.69 Å². The lowest BCUT2D eigenvalue weighted by Crippen LogP contribution is -2.44. The van der Waals surface area contributed by atoms with Crippen molar-refractivity contribution in [1.29, 1.82) is 0 Å². The van der Waals surface area contributed by atoms with Crippen molar-refractivity contribution in [1.82, 2.24) is 10.9 Å². The number of amides is 3. The number of carbonyl (C=O) groups is 2. The number of hydrogen-bond donors (Lipinski definition) is 3. The fourth-order valence-corrected chi connectivity index (χ4v) is 2.58. The summed E-state index contributed by atoms with van der Waals surface area (Å²) in [6.07, 6.45) is 0.104. The summed E-state index contributed by atoms with van der Waals surface area (Å²) >= 11 is 1.36. The van der Waals surface area contributed by atoms with Gasteiger partial charge in [0.1, 0.15) is 17.5 Å². The van der Waals surface area contributed by atoms with Gasteiger partial charge in [0, 0.05) is 23.1 Å². The number of anilines is 1. The molecule has 5 nitrogen and oxygen atoms in total. The monoisotopic (exact) mass is 369 g/mol. The van der Waals surface area contributed by atoms with Crippen LogP contribution in [0, 0.1) is 17.5 Å². The lowest BCUT2D eigenvalue weighted by atomic mass is 10.3. The molecule has 0 saturated carbocycles. The number of nitrogens with one attached hydrogen (secondary N) is 3. The Labute approximate surface area is 146 Å². The van der Waals surface area contributed by atoms with Crippen molar-refractivity contribution in [3.8, 4) is 0 Å². The van der Waals surface area contributed by atoms with E-state index in [1.165, 1.54) is 23.9 Å². The molecule has 0 fully saturated rings. The van der Waals surface area contributed by atoms with Crippen LogP contribution in [0.25, 0.3) is 0 Å². The molecule has 0 unspecified atom stereocenters. The van der Waals surface area contributed by atoms with Gasteiger partial charge in [-0.05, 0) is 36.4 Å². The van der Waals surface area contributed by atoms with Crippen LogP contribution in [0.3, 0.4) is 0 Å². The second-order valence-corrected chi connectivity index (χ2v) is 5.97. The minimum absolute atomic E-state index is 0.104. The fraction of sp³-hybridized carbons (Fsp3) is 0.125. The molecule has 2 aromatic rings. The average Bonchev–Trinajstić information content (AvgIpc) is 2.57. The van der Waals surface area contributed by atoms with Gasteiger partial charge in [-0.25, -0.2) is 23.4 Å². The van der Waals surface area contributed by atoms with Crippen molar-refractivity contribution < 1.29 is 22.8 Å². The van der Waals surface area contributed by atoms with Crippen LogP contribution in [0.5, 0.6) is 0 Å². The second kappa shape index (κ2) is 8.97. The molecular weight excluding hydrogens is 355 g/mol. The van der Waals surface area contributed by atoms with E-state index in [9.17, 15) is 22.8 Å². The standard InChI is InChI=1S/C16H14F3N3O2S/c17-10-1-4-12(5-2-10)25-8-7-15(23)21-22-16(24)20-14-6-3-11(18)9-13(14)19/h1-6,9H,7-8H2,(H,21,23)(H2,20,22,24). The predicted octanol–water partition coefficient (Wildman–Crippen LogP) is 3.44. The van der Waals surface area contributed by atoms with Gasteiger partial charge < -0.3 is 5.32 Å². The van der Waals surface area contributed by atoms with Crippen molar-refractivity contribution in [2.24, 2.45) is 0 Å².